The lowest BCUT2D eigenvalue weighted by Gasteiger charge is -2.18. The van der Waals surface area contributed by atoms with E-state index < -0.39 is 0 Å². The van der Waals surface area contributed by atoms with Gasteiger partial charge in [0.1, 0.15) is 17.7 Å². The number of aromatic nitrogens is 1. The molecule has 0 aliphatic rings. The van der Waals surface area contributed by atoms with Crippen LogP contribution in [-0.2, 0) is 6.54 Å². The molecule has 0 fully saturated rings. The fourth-order valence-electron chi connectivity index (χ4n) is 1.64. The van der Waals surface area contributed by atoms with Crippen molar-refractivity contribution in [2.45, 2.75) is 6.54 Å². The van der Waals surface area contributed by atoms with Crippen molar-refractivity contribution in [1.29, 1.82) is 5.26 Å². The Kier molecular flexibility index (Phi) is 3.54. The van der Waals surface area contributed by atoms with Crippen LogP contribution in [0.1, 0.15) is 11.1 Å². The molecule has 0 saturated heterocycles. The zero-order valence-electron chi connectivity index (χ0n) is 9.97. The van der Waals surface area contributed by atoms with Gasteiger partial charge < -0.3 is 4.90 Å². The number of hydrogen-bond acceptors (Lipinski definition) is 3. The van der Waals surface area contributed by atoms with Crippen LogP contribution in [0.5, 0.6) is 0 Å². The maximum absolute atomic E-state index is 13.5. The normalized spacial score (nSPS) is 9.83. The van der Waals surface area contributed by atoms with E-state index in [9.17, 15) is 4.39 Å². The molecule has 0 unspecified atom stereocenters. The first-order valence-electron chi connectivity index (χ1n) is 5.51. The number of benzene rings is 1. The average Bonchev–Trinajstić information content (AvgIpc) is 2.41. The smallest absolute Gasteiger partial charge is 0.128 e. The predicted molar refractivity (Wildman–Crippen MR) is 67.5 cm³/mol. The molecule has 1 aromatic heterocycles. The van der Waals surface area contributed by atoms with Gasteiger partial charge in [-0.15, -0.1) is 0 Å². The van der Waals surface area contributed by atoms with E-state index in [4.69, 9.17) is 5.26 Å². The molecule has 0 aliphatic heterocycles. The Balaban J connectivity index is 2.15. The molecule has 0 amide bonds. The SMILES string of the molecule is CN(Cc1ccccc1F)c1ccc(C#N)cn1. The quantitative estimate of drug-likeness (QED) is 0.829. The van der Waals surface area contributed by atoms with Gasteiger partial charge in [0.05, 0.1) is 5.56 Å². The summed E-state index contributed by atoms with van der Waals surface area (Å²) in [7, 11) is 1.83. The van der Waals surface area contributed by atoms with Crippen LogP contribution >= 0.6 is 0 Å². The lowest BCUT2D eigenvalue weighted by molar-refractivity contribution is 0.607. The lowest BCUT2D eigenvalue weighted by atomic mass is 10.2. The summed E-state index contributed by atoms with van der Waals surface area (Å²) in [5.74, 6) is 0.482. The summed E-state index contributed by atoms with van der Waals surface area (Å²) >= 11 is 0. The fourth-order valence-corrected chi connectivity index (χ4v) is 1.64. The molecule has 0 N–H and O–H groups in total. The lowest BCUT2D eigenvalue weighted by Crippen LogP contribution is -2.18. The molecule has 2 aromatic rings. The van der Waals surface area contributed by atoms with Crippen LogP contribution in [0.25, 0.3) is 0 Å². The summed E-state index contributed by atoms with van der Waals surface area (Å²) in [5, 5.41) is 8.69. The molecule has 3 nitrogen and oxygen atoms in total. The second kappa shape index (κ2) is 5.28. The molecule has 0 aliphatic carbocycles. The fraction of sp³-hybridized carbons (Fsp3) is 0.143. The Morgan fingerprint density at radius 3 is 2.67 bits per heavy atom. The van der Waals surface area contributed by atoms with Crippen LogP contribution in [0.3, 0.4) is 0 Å². The summed E-state index contributed by atoms with van der Waals surface area (Å²) in [6, 6.07) is 12.1. The third-order valence-electron chi connectivity index (χ3n) is 2.63. The van der Waals surface area contributed by atoms with Gasteiger partial charge >= 0.3 is 0 Å². The number of halogens is 1. The van der Waals surface area contributed by atoms with Crippen LogP contribution < -0.4 is 4.90 Å². The van der Waals surface area contributed by atoms with Crippen molar-refractivity contribution in [3.63, 3.8) is 0 Å². The molecule has 1 heterocycles. The van der Waals surface area contributed by atoms with E-state index in [0.717, 1.165) is 0 Å². The van der Waals surface area contributed by atoms with Gasteiger partial charge in [-0.1, -0.05) is 18.2 Å². The molecule has 0 bridgehead atoms. The monoisotopic (exact) mass is 241 g/mol. The minimum Gasteiger partial charge on any atom is -0.355 e. The third kappa shape index (κ3) is 2.64. The van der Waals surface area contributed by atoms with E-state index in [2.05, 4.69) is 4.98 Å². The van der Waals surface area contributed by atoms with Crippen molar-refractivity contribution in [2.75, 3.05) is 11.9 Å². The van der Waals surface area contributed by atoms with E-state index >= 15 is 0 Å². The molecule has 1 aromatic carbocycles. The first-order chi connectivity index (χ1) is 8.70. The number of nitriles is 1. The van der Waals surface area contributed by atoms with Crippen molar-refractivity contribution in [1.82, 2.24) is 4.98 Å². The molecule has 0 radical (unpaired) electrons. The van der Waals surface area contributed by atoms with Gasteiger partial charge in [0.15, 0.2) is 0 Å². The Morgan fingerprint density at radius 1 is 1.28 bits per heavy atom. The van der Waals surface area contributed by atoms with Gasteiger partial charge in [-0.25, -0.2) is 9.37 Å². The van der Waals surface area contributed by atoms with Gasteiger partial charge in [0, 0.05) is 25.4 Å². The second-order valence-corrected chi connectivity index (χ2v) is 3.96. The topological polar surface area (TPSA) is 39.9 Å². The first kappa shape index (κ1) is 12.1. The number of nitrogens with zero attached hydrogens (tertiary/aromatic N) is 3. The van der Waals surface area contributed by atoms with Crippen molar-refractivity contribution >= 4 is 5.82 Å². The average molecular weight is 241 g/mol. The Morgan fingerprint density at radius 2 is 2.06 bits per heavy atom. The van der Waals surface area contributed by atoms with Gasteiger partial charge in [0.25, 0.3) is 0 Å². The maximum atomic E-state index is 13.5. The Labute approximate surface area is 105 Å². The summed E-state index contributed by atoms with van der Waals surface area (Å²) in [6.45, 7) is 0.436. The molecule has 0 spiro atoms. The van der Waals surface area contributed by atoms with Gasteiger partial charge in [-0.2, -0.15) is 5.26 Å². The number of pyridine rings is 1. The highest BCUT2D eigenvalue weighted by atomic mass is 19.1. The van der Waals surface area contributed by atoms with Crippen LogP contribution in [0.2, 0.25) is 0 Å². The molecule has 0 saturated carbocycles. The molecular formula is C14H12FN3. The summed E-state index contributed by atoms with van der Waals surface area (Å²) < 4.78 is 13.5. The summed E-state index contributed by atoms with van der Waals surface area (Å²) in [4.78, 5) is 5.99. The van der Waals surface area contributed by atoms with E-state index in [0.29, 0.717) is 23.5 Å². The molecule has 18 heavy (non-hydrogen) atoms. The molecule has 4 heteroatoms. The van der Waals surface area contributed by atoms with Crippen LogP contribution in [0.4, 0.5) is 10.2 Å². The molecule has 90 valence electrons. The molecule has 2 rings (SSSR count). The summed E-state index contributed by atoms with van der Waals surface area (Å²) in [5.41, 5.74) is 1.13. The Hall–Kier alpha value is -2.41. The first-order valence-corrected chi connectivity index (χ1v) is 5.51. The third-order valence-corrected chi connectivity index (χ3v) is 2.63. The number of rotatable bonds is 3. The highest BCUT2D eigenvalue weighted by Gasteiger charge is 2.06. The predicted octanol–water partition coefficient (Wildman–Crippen LogP) is 2.73. The van der Waals surface area contributed by atoms with E-state index in [1.54, 1.807) is 30.3 Å². The van der Waals surface area contributed by atoms with E-state index in [-0.39, 0.29) is 5.82 Å². The van der Waals surface area contributed by atoms with Crippen molar-refractivity contribution in [3.05, 3.63) is 59.5 Å². The van der Waals surface area contributed by atoms with Gasteiger partial charge in [-0.05, 0) is 18.2 Å². The van der Waals surface area contributed by atoms with Crippen LogP contribution in [0, 0.1) is 17.1 Å². The molecule has 0 atom stereocenters. The maximum Gasteiger partial charge on any atom is 0.128 e. The number of hydrogen-bond donors (Lipinski definition) is 0. The summed E-state index contributed by atoms with van der Waals surface area (Å²) in [6.07, 6.45) is 1.51. The standard InChI is InChI=1S/C14H12FN3/c1-18(10-12-4-2-3-5-13(12)15)14-7-6-11(8-16)9-17-14/h2-7,9H,10H2,1H3. The molecular weight excluding hydrogens is 229 g/mol. The number of anilines is 1. The van der Waals surface area contributed by atoms with Gasteiger partial charge in [0.2, 0.25) is 0 Å². The minimum atomic E-state index is -0.224. The largest absolute Gasteiger partial charge is 0.355 e. The highest BCUT2D eigenvalue weighted by Crippen LogP contribution is 2.14. The van der Waals surface area contributed by atoms with Crippen molar-refractivity contribution in [3.8, 4) is 6.07 Å². The Bertz CT molecular complexity index is 572. The van der Waals surface area contributed by atoms with Crippen molar-refractivity contribution in [2.24, 2.45) is 0 Å². The van der Waals surface area contributed by atoms with Gasteiger partial charge in [-0.3, -0.25) is 0 Å². The van der Waals surface area contributed by atoms with E-state index in [1.165, 1.54) is 12.3 Å². The van der Waals surface area contributed by atoms with Crippen LogP contribution in [-0.4, -0.2) is 12.0 Å². The zero-order chi connectivity index (χ0) is 13.0. The van der Waals surface area contributed by atoms with E-state index in [1.807, 2.05) is 18.0 Å². The highest BCUT2D eigenvalue weighted by molar-refractivity contribution is 5.41. The zero-order valence-corrected chi connectivity index (χ0v) is 9.97. The van der Waals surface area contributed by atoms with Crippen molar-refractivity contribution < 1.29 is 4.39 Å². The minimum absolute atomic E-state index is 0.224. The second-order valence-electron chi connectivity index (χ2n) is 3.96. The van der Waals surface area contributed by atoms with Crippen LogP contribution in [0.15, 0.2) is 42.6 Å².